The smallest absolute Gasteiger partial charge is 0.252 e. The monoisotopic (exact) mass is 1090 g/mol. The number of likely N-dealkylation sites (N-methyl/N-ethyl adjacent to an activating group) is 1. The number of carbonyl (C=O) groups is 6. The third-order valence-corrected chi connectivity index (χ3v) is 16.2. The quantitative estimate of drug-likeness (QED) is 0.0889. The largest absolute Gasteiger partial charge is 0.381 e. The molecule has 3 saturated heterocycles. The van der Waals surface area contributed by atoms with Crippen LogP contribution in [0.1, 0.15) is 74.4 Å². The average Bonchev–Trinajstić information content (AvgIpc) is 4.20. The van der Waals surface area contributed by atoms with Gasteiger partial charge in [-0.05, 0) is 130 Å². The summed E-state index contributed by atoms with van der Waals surface area (Å²) in [7, 11) is 1.61. The molecule has 422 valence electrons. The van der Waals surface area contributed by atoms with Crippen LogP contribution in [0.25, 0.3) is 0 Å². The van der Waals surface area contributed by atoms with Crippen LogP contribution in [0.4, 0.5) is 30.2 Å². The summed E-state index contributed by atoms with van der Waals surface area (Å²) in [4.78, 5) is 93.3. The van der Waals surface area contributed by atoms with Gasteiger partial charge in [-0.15, -0.1) is 0 Å². The van der Waals surface area contributed by atoms with Gasteiger partial charge in [-0.1, -0.05) is 36.4 Å². The Labute approximate surface area is 458 Å². The molecule has 5 aliphatic heterocycles. The van der Waals surface area contributed by atoms with Crippen LogP contribution in [0.2, 0.25) is 0 Å². The van der Waals surface area contributed by atoms with Crippen LogP contribution >= 0.6 is 0 Å². The molecule has 4 aromatic carbocycles. The highest BCUT2D eigenvalue weighted by molar-refractivity contribution is 6.05. The fourth-order valence-corrected chi connectivity index (χ4v) is 11.5. The van der Waals surface area contributed by atoms with Crippen molar-refractivity contribution in [1.82, 2.24) is 36.0 Å². The molecule has 0 aromatic heterocycles. The van der Waals surface area contributed by atoms with E-state index in [0.717, 1.165) is 42.4 Å². The van der Waals surface area contributed by atoms with E-state index in [9.17, 15) is 33.2 Å². The molecule has 21 heteroatoms. The molecule has 0 spiro atoms. The number of para-hydroxylation sites is 1. The van der Waals surface area contributed by atoms with Gasteiger partial charge in [-0.3, -0.25) is 38.6 Å². The summed E-state index contributed by atoms with van der Waals surface area (Å²) in [6.45, 7) is 12.0. The van der Waals surface area contributed by atoms with Gasteiger partial charge in [-0.25, -0.2) is 13.2 Å². The number of piperazine rings is 1. The number of amides is 6. The number of morpholine rings is 1. The third-order valence-electron chi connectivity index (χ3n) is 16.2. The normalized spacial score (nSPS) is 23.3. The Hall–Kier alpha value is -6.75. The van der Waals surface area contributed by atoms with Crippen molar-refractivity contribution in [3.63, 3.8) is 0 Å². The fourth-order valence-electron chi connectivity index (χ4n) is 11.5. The number of benzene rings is 4. The minimum absolute atomic E-state index is 0.00468. The van der Waals surface area contributed by atoms with Crippen LogP contribution in [0.5, 0.6) is 0 Å². The first kappa shape index (κ1) is 57.0. The fraction of sp³-hybridized carbons (Fsp3) is 0.483. The molecule has 0 bridgehead atoms. The predicted molar refractivity (Wildman–Crippen MR) is 290 cm³/mol. The molecule has 6 N–H and O–H groups in total. The Morgan fingerprint density at radius 2 is 1.59 bits per heavy atom. The topological polar surface area (TPSA) is 206 Å². The zero-order valence-corrected chi connectivity index (χ0v) is 45.3. The lowest BCUT2D eigenvalue weighted by atomic mass is 9.83. The van der Waals surface area contributed by atoms with Crippen LogP contribution in [-0.2, 0) is 56.6 Å². The van der Waals surface area contributed by atoms with E-state index in [-0.39, 0.29) is 66.7 Å². The molecule has 5 heterocycles. The second kappa shape index (κ2) is 24.7. The van der Waals surface area contributed by atoms with Gasteiger partial charge in [0.1, 0.15) is 35.2 Å². The summed E-state index contributed by atoms with van der Waals surface area (Å²) in [5, 5.41) is 17.3. The van der Waals surface area contributed by atoms with Crippen molar-refractivity contribution in [2.75, 3.05) is 94.8 Å². The first-order valence-electron chi connectivity index (χ1n) is 27.2. The molecular formula is C58H71F3N10O8. The summed E-state index contributed by atoms with van der Waals surface area (Å²) in [6.07, 6.45) is 1.35. The SMILES string of the molecule is CN[C@@H](C)C(=O)NC(C(=O)N1Cc2ccc(NC(=O)CNC(=O)C3(C)CN(C(=O)CN4C[C@@H](C)NC[C@@H]4CN4CCOC[C@H]4C)c4cc(Cc5ccc(F)cc5)ccc43)cc2[C@H]1C(=O)Nc1c(F)cccc1F)C1CCOCC1. The lowest BCUT2D eigenvalue weighted by Gasteiger charge is -2.43. The standard InChI is InChI=1S/C58H71F3N10O8/c1-34-28-69(43(26-63-34)30-68-19-22-79-32-35(68)2)31-50(73)71-33-58(4,45-16-11-38(24-48(45)71)23-37-9-13-41(59)14-10-37)57(77)64-27-49(72)65-42-15-12-40-29-70(53(44(40)25-42)55(75)67-52-46(60)7-6-8-47(52)61)56(76)51(39-17-20-78-21-18-39)66-54(74)36(3)62-5/h6-16,24-25,34-36,39,43,51,53,62-63H,17-23,26-33H2,1-5H3,(H,64,77)(H,65,72)(H,66,74)(H,67,75)/t34-,35-,36+,43-,51?,53+,58?/m1/s1. The third kappa shape index (κ3) is 12.8. The van der Waals surface area contributed by atoms with Crippen molar-refractivity contribution in [2.45, 2.75) is 95.2 Å². The van der Waals surface area contributed by atoms with Gasteiger partial charge >= 0.3 is 0 Å². The van der Waals surface area contributed by atoms with Crippen LogP contribution in [0, 0.1) is 23.4 Å². The van der Waals surface area contributed by atoms with Gasteiger partial charge < -0.3 is 51.2 Å². The number of nitrogens with zero attached hydrogens (tertiary/aromatic N) is 4. The Bertz CT molecular complexity index is 2910. The predicted octanol–water partition coefficient (Wildman–Crippen LogP) is 3.98. The maximum absolute atomic E-state index is 15.0. The Kier molecular flexibility index (Phi) is 17.8. The molecule has 7 atom stereocenters. The van der Waals surface area contributed by atoms with Crippen molar-refractivity contribution >= 4 is 52.5 Å². The minimum atomic E-state index is -1.46. The number of fused-ring (bicyclic) bond motifs is 2. The van der Waals surface area contributed by atoms with E-state index in [0.29, 0.717) is 75.6 Å². The van der Waals surface area contributed by atoms with Crippen LogP contribution in [0.15, 0.2) is 78.9 Å². The van der Waals surface area contributed by atoms with E-state index in [2.05, 4.69) is 55.5 Å². The van der Waals surface area contributed by atoms with Crippen LogP contribution < -0.4 is 36.8 Å². The van der Waals surface area contributed by atoms with Crippen LogP contribution in [0.3, 0.4) is 0 Å². The molecule has 6 amide bonds. The van der Waals surface area contributed by atoms with Gasteiger partial charge in [0, 0.05) is 82.0 Å². The summed E-state index contributed by atoms with van der Waals surface area (Å²) >= 11 is 0. The molecule has 79 heavy (non-hydrogen) atoms. The number of nitrogens with one attached hydrogen (secondary N) is 6. The van der Waals surface area contributed by atoms with Crippen molar-refractivity contribution < 1.29 is 51.4 Å². The zero-order valence-electron chi connectivity index (χ0n) is 45.3. The number of hydrogen-bond acceptors (Lipinski definition) is 12. The van der Waals surface area contributed by atoms with E-state index in [1.54, 1.807) is 50.1 Å². The zero-order chi connectivity index (χ0) is 56.1. The summed E-state index contributed by atoms with van der Waals surface area (Å²) in [6, 6.07) is 16.9. The molecule has 0 saturated carbocycles. The first-order valence-corrected chi connectivity index (χ1v) is 27.2. The lowest BCUT2D eigenvalue weighted by Crippen LogP contribution is -2.62. The van der Waals surface area contributed by atoms with Crippen molar-refractivity contribution in [2.24, 2.45) is 5.92 Å². The van der Waals surface area contributed by atoms with Crippen molar-refractivity contribution in [3.8, 4) is 0 Å². The molecule has 0 radical (unpaired) electrons. The van der Waals surface area contributed by atoms with Gasteiger partial charge in [0.25, 0.3) is 5.91 Å². The van der Waals surface area contributed by atoms with Crippen molar-refractivity contribution in [1.29, 1.82) is 0 Å². The van der Waals surface area contributed by atoms with E-state index < -0.39 is 76.9 Å². The highest BCUT2D eigenvalue weighted by Gasteiger charge is 2.48. The number of anilines is 3. The van der Waals surface area contributed by atoms with E-state index >= 15 is 8.78 Å². The highest BCUT2D eigenvalue weighted by Crippen LogP contribution is 2.43. The Morgan fingerprint density at radius 3 is 2.32 bits per heavy atom. The number of rotatable bonds is 17. The lowest BCUT2D eigenvalue weighted by molar-refractivity contribution is -0.144. The van der Waals surface area contributed by atoms with E-state index in [1.165, 1.54) is 23.1 Å². The van der Waals surface area contributed by atoms with Gasteiger partial charge in [-0.2, -0.15) is 0 Å². The summed E-state index contributed by atoms with van der Waals surface area (Å²) in [5.41, 5.74) is 1.86. The minimum Gasteiger partial charge on any atom is -0.381 e. The Morgan fingerprint density at radius 1 is 0.861 bits per heavy atom. The number of halogens is 3. The van der Waals surface area contributed by atoms with E-state index in [4.69, 9.17) is 9.47 Å². The molecule has 3 fully saturated rings. The molecule has 4 aromatic rings. The molecule has 5 aliphatic rings. The van der Waals surface area contributed by atoms with Gasteiger partial charge in [0.2, 0.25) is 29.5 Å². The maximum Gasteiger partial charge on any atom is 0.252 e. The average molecular weight is 1090 g/mol. The maximum atomic E-state index is 15.0. The summed E-state index contributed by atoms with van der Waals surface area (Å²) in [5.74, 6) is -6.05. The number of hydrogen-bond donors (Lipinski definition) is 6. The first-order chi connectivity index (χ1) is 37.9. The number of ether oxygens (including phenoxy) is 2. The Balaban J connectivity index is 0.934. The van der Waals surface area contributed by atoms with Crippen LogP contribution in [-0.4, -0.2) is 160 Å². The second-order valence-corrected chi connectivity index (χ2v) is 21.8. The molecule has 18 nitrogen and oxygen atoms in total. The highest BCUT2D eigenvalue weighted by atomic mass is 19.1. The molecule has 0 aliphatic carbocycles. The molecular weight excluding hydrogens is 1020 g/mol. The molecule has 2 unspecified atom stereocenters. The number of carbonyl (C=O) groups excluding carboxylic acids is 6. The second-order valence-electron chi connectivity index (χ2n) is 21.8. The molecule has 9 rings (SSSR count). The van der Waals surface area contributed by atoms with Gasteiger partial charge in [0.05, 0.1) is 37.8 Å². The van der Waals surface area contributed by atoms with Gasteiger partial charge in [0.15, 0.2) is 0 Å². The van der Waals surface area contributed by atoms with E-state index in [1.807, 2.05) is 18.2 Å². The summed E-state index contributed by atoms with van der Waals surface area (Å²) < 4.78 is 55.2. The van der Waals surface area contributed by atoms with Crippen molar-refractivity contribution in [3.05, 3.63) is 124 Å².